The smallest absolute Gasteiger partial charge is 0.221 e. The first-order chi connectivity index (χ1) is 11.0. The summed E-state index contributed by atoms with van der Waals surface area (Å²) in [6.07, 6.45) is 4.32. The van der Waals surface area contributed by atoms with Crippen LogP contribution >= 0.6 is 0 Å². The molecule has 1 amide bonds. The first-order valence-corrected chi connectivity index (χ1v) is 8.16. The molecule has 2 fully saturated rings. The van der Waals surface area contributed by atoms with Gasteiger partial charge >= 0.3 is 0 Å². The Kier molecular flexibility index (Phi) is 4.35. The van der Waals surface area contributed by atoms with Crippen LogP contribution in [0.1, 0.15) is 43.6 Å². The summed E-state index contributed by atoms with van der Waals surface area (Å²) >= 11 is 0. The van der Waals surface area contributed by atoms with Gasteiger partial charge < -0.3 is 15.0 Å². The largest absolute Gasteiger partial charge is 0.380 e. The summed E-state index contributed by atoms with van der Waals surface area (Å²) in [6.45, 7) is 6.88. The number of ketones is 1. The molecular weight excluding hydrogens is 294 g/mol. The number of anilines is 2. The van der Waals surface area contributed by atoms with Gasteiger partial charge in [0.05, 0.1) is 30.8 Å². The SMILES string of the molecule is CCC(=O)c1ncc(N2CCC3(CC2)COC3)cc1NC(C)=O. The lowest BCUT2D eigenvalue weighted by atomic mass is 9.77. The molecule has 124 valence electrons. The molecule has 23 heavy (non-hydrogen) atoms. The van der Waals surface area contributed by atoms with Crippen LogP contribution < -0.4 is 10.2 Å². The lowest BCUT2D eigenvalue weighted by Crippen LogP contribution is -2.51. The van der Waals surface area contributed by atoms with Crippen LogP contribution in [-0.4, -0.2) is 43.0 Å². The Hall–Kier alpha value is -1.95. The summed E-state index contributed by atoms with van der Waals surface area (Å²) in [7, 11) is 0. The number of carbonyl (C=O) groups is 2. The van der Waals surface area contributed by atoms with Gasteiger partial charge in [0.1, 0.15) is 5.69 Å². The third-order valence-corrected chi connectivity index (χ3v) is 4.77. The van der Waals surface area contributed by atoms with Crippen molar-refractivity contribution in [1.29, 1.82) is 0 Å². The maximum Gasteiger partial charge on any atom is 0.221 e. The number of hydrogen-bond acceptors (Lipinski definition) is 5. The molecule has 1 N–H and O–H groups in total. The average molecular weight is 317 g/mol. The van der Waals surface area contributed by atoms with E-state index in [4.69, 9.17) is 4.74 Å². The number of nitrogens with zero attached hydrogens (tertiary/aromatic N) is 2. The predicted molar refractivity (Wildman–Crippen MR) is 87.9 cm³/mol. The number of Topliss-reactive ketones (excluding diaryl/α,β-unsaturated/α-hetero) is 1. The van der Waals surface area contributed by atoms with Crippen molar-refractivity contribution in [3.63, 3.8) is 0 Å². The van der Waals surface area contributed by atoms with Crippen LogP contribution in [0.25, 0.3) is 0 Å². The van der Waals surface area contributed by atoms with Crippen LogP contribution in [-0.2, 0) is 9.53 Å². The molecule has 0 bridgehead atoms. The number of amides is 1. The van der Waals surface area contributed by atoms with Crippen molar-refractivity contribution < 1.29 is 14.3 Å². The topological polar surface area (TPSA) is 71.5 Å². The van der Waals surface area contributed by atoms with Gasteiger partial charge in [-0.2, -0.15) is 0 Å². The van der Waals surface area contributed by atoms with E-state index in [0.717, 1.165) is 44.8 Å². The molecule has 3 rings (SSSR count). The fraction of sp³-hybridized carbons (Fsp3) is 0.588. The second-order valence-corrected chi connectivity index (χ2v) is 6.53. The highest BCUT2D eigenvalue weighted by Gasteiger charge is 2.41. The van der Waals surface area contributed by atoms with E-state index < -0.39 is 0 Å². The number of carbonyl (C=O) groups excluding carboxylic acids is 2. The second-order valence-electron chi connectivity index (χ2n) is 6.53. The number of hydrogen-bond donors (Lipinski definition) is 1. The van der Waals surface area contributed by atoms with E-state index in [0.29, 0.717) is 23.2 Å². The minimum Gasteiger partial charge on any atom is -0.380 e. The van der Waals surface area contributed by atoms with Gasteiger partial charge in [0.2, 0.25) is 5.91 Å². The molecule has 2 aliphatic heterocycles. The number of aromatic nitrogens is 1. The summed E-state index contributed by atoms with van der Waals surface area (Å²) < 4.78 is 5.36. The van der Waals surface area contributed by atoms with Crippen molar-refractivity contribution in [2.45, 2.75) is 33.1 Å². The summed E-state index contributed by atoms with van der Waals surface area (Å²) in [5.74, 6) is -0.261. The van der Waals surface area contributed by atoms with Gasteiger partial charge in [-0.05, 0) is 18.9 Å². The van der Waals surface area contributed by atoms with Crippen molar-refractivity contribution >= 4 is 23.1 Å². The van der Waals surface area contributed by atoms with E-state index in [1.54, 1.807) is 13.1 Å². The van der Waals surface area contributed by atoms with Crippen LogP contribution in [0, 0.1) is 5.41 Å². The van der Waals surface area contributed by atoms with Crippen LogP contribution in [0.15, 0.2) is 12.3 Å². The average Bonchev–Trinajstić information content (AvgIpc) is 2.52. The van der Waals surface area contributed by atoms with Gasteiger partial charge in [0, 0.05) is 31.8 Å². The Morgan fingerprint density at radius 2 is 2.04 bits per heavy atom. The Balaban J connectivity index is 1.79. The monoisotopic (exact) mass is 317 g/mol. The third kappa shape index (κ3) is 3.22. The molecule has 3 heterocycles. The highest BCUT2D eigenvalue weighted by Crippen LogP contribution is 2.39. The van der Waals surface area contributed by atoms with Crippen LogP contribution in [0.3, 0.4) is 0 Å². The molecule has 2 aliphatic rings. The molecule has 1 aromatic heterocycles. The quantitative estimate of drug-likeness (QED) is 0.862. The van der Waals surface area contributed by atoms with E-state index in [-0.39, 0.29) is 11.7 Å². The van der Waals surface area contributed by atoms with E-state index in [1.807, 2.05) is 6.07 Å². The Morgan fingerprint density at radius 1 is 1.35 bits per heavy atom. The number of rotatable bonds is 4. The molecule has 0 aromatic carbocycles. The zero-order valence-corrected chi connectivity index (χ0v) is 13.7. The third-order valence-electron chi connectivity index (χ3n) is 4.77. The maximum atomic E-state index is 12.0. The molecule has 6 nitrogen and oxygen atoms in total. The Bertz CT molecular complexity index is 616. The summed E-state index contributed by atoms with van der Waals surface area (Å²) in [6, 6.07) is 1.87. The highest BCUT2D eigenvalue weighted by atomic mass is 16.5. The normalized spacial score (nSPS) is 19.3. The van der Waals surface area contributed by atoms with Gasteiger partial charge in [-0.3, -0.25) is 9.59 Å². The minimum atomic E-state index is -0.196. The predicted octanol–water partition coefficient (Wildman–Crippen LogP) is 2.25. The fourth-order valence-electron chi connectivity index (χ4n) is 3.22. The zero-order valence-electron chi connectivity index (χ0n) is 13.7. The number of pyridine rings is 1. The van der Waals surface area contributed by atoms with Crippen LogP contribution in [0.5, 0.6) is 0 Å². The Labute approximate surface area is 136 Å². The summed E-state index contributed by atoms with van der Waals surface area (Å²) in [4.78, 5) is 30.0. The zero-order chi connectivity index (χ0) is 16.4. The van der Waals surface area contributed by atoms with E-state index >= 15 is 0 Å². The van der Waals surface area contributed by atoms with Gasteiger partial charge in [-0.1, -0.05) is 6.92 Å². The summed E-state index contributed by atoms with van der Waals surface area (Å²) in [5, 5.41) is 2.74. The van der Waals surface area contributed by atoms with Crippen molar-refractivity contribution in [3.8, 4) is 0 Å². The van der Waals surface area contributed by atoms with E-state index in [1.165, 1.54) is 6.92 Å². The molecule has 2 saturated heterocycles. The number of nitrogens with one attached hydrogen (secondary N) is 1. The molecule has 0 unspecified atom stereocenters. The lowest BCUT2D eigenvalue weighted by molar-refractivity contribution is -0.124. The second kappa shape index (κ2) is 6.28. The van der Waals surface area contributed by atoms with Crippen molar-refractivity contribution in [3.05, 3.63) is 18.0 Å². The maximum absolute atomic E-state index is 12.0. The fourth-order valence-corrected chi connectivity index (χ4v) is 3.22. The van der Waals surface area contributed by atoms with E-state index in [9.17, 15) is 9.59 Å². The van der Waals surface area contributed by atoms with Crippen LogP contribution in [0.2, 0.25) is 0 Å². The molecular formula is C17H23N3O3. The van der Waals surface area contributed by atoms with Gasteiger partial charge in [-0.25, -0.2) is 4.98 Å². The molecule has 0 aliphatic carbocycles. The number of ether oxygens (including phenoxy) is 1. The van der Waals surface area contributed by atoms with Crippen molar-refractivity contribution in [2.75, 3.05) is 36.5 Å². The molecule has 0 atom stereocenters. The standard InChI is InChI=1S/C17H23N3O3/c1-3-15(22)16-14(19-12(2)21)8-13(9-18-16)20-6-4-17(5-7-20)10-23-11-17/h8-9H,3-7,10-11H2,1-2H3,(H,19,21). The van der Waals surface area contributed by atoms with Gasteiger partial charge in [-0.15, -0.1) is 0 Å². The minimum absolute atomic E-state index is 0.0653. The molecule has 0 saturated carbocycles. The Morgan fingerprint density at radius 3 is 2.57 bits per heavy atom. The highest BCUT2D eigenvalue weighted by molar-refractivity contribution is 6.03. The molecule has 6 heteroatoms. The molecule has 1 spiro atoms. The molecule has 1 aromatic rings. The van der Waals surface area contributed by atoms with Gasteiger partial charge in [0.15, 0.2) is 5.78 Å². The van der Waals surface area contributed by atoms with Crippen LogP contribution in [0.4, 0.5) is 11.4 Å². The summed E-state index contributed by atoms with van der Waals surface area (Å²) in [5.41, 5.74) is 2.18. The van der Waals surface area contributed by atoms with Gasteiger partial charge in [0.25, 0.3) is 0 Å². The van der Waals surface area contributed by atoms with Crippen molar-refractivity contribution in [1.82, 2.24) is 4.98 Å². The van der Waals surface area contributed by atoms with E-state index in [2.05, 4.69) is 15.2 Å². The first-order valence-electron chi connectivity index (χ1n) is 8.16. The number of piperidine rings is 1. The first kappa shape index (κ1) is 15.9. The lowest BCUT2D eigenvalue weighted by Gasteiger charge is -2.47. The molecule has 0 radical (unpaired) electrons. The van der Waals surface area contributed by atoms with Crippen molar-refractivity contribution in [2.24, 2.45) is 5.41 Å².